The van der Waals surface area contributed by atoms with Gasteiger partial charge in [0.15, 0.2) is 0 Å². The highest BCUT2D eigenvalue weighted by atomic mass is 35.5. The summed E-state index contributed by atoms with van der Waals surface area (Å²) in [7, 11) is 0. The number of hydrogen-bond acceptors (Lipinski definition) is 6. The van der Waals surface area contributed by atoms with Crippen LogP contribution < -0.4 is 4.90 Å². The van der Waals surface area contributed by atoms with E-state index in [9.17, 15) is 15.2 Å². The van der Waals surface area contributed by atoms with Crippen LogP contribution in [0, 0.1) is 10.1 Å². The van der Waals surface area contributed by atoms with E-state index in [0.717, 1.165) is 5.56 Å². The van der Waals surface area contributed by atoms with Crippen LogP contribution in [-0.2, 0) is 6.54 Å². The van der Waals surface area contributed by atoms with E-state index in [1.54, 1.807) is 28.6 Å². The third-order valence-corrected chi connectivity index (χ3v) is 4.32. The molecule has 7 nitrogen and oxygen atoms in total. The molecule has 0 unspecified atom stereocenters. The molecule has 120 valence electrons. The predicted octanol–water partition coefficient (Wildman–Crippen LogP) is 2.96. The van der Waals surface area contributed by atoms with E-state index in [2.05, 4.69) is 4.98 Å². The van der Waals surface area contributed by atoms with Gasteiger partial charge >= 0.3 is 5.82 Å². The lowest BCUT2D eigenvalue weighted by atomic mass is 10.2. The molecule has 0 aliphatic carbocycles. The monoisotopic (exact) mass is 352 g/mol. The molecule has 0 spiro atoms. The Morgan fingerprint density at radius 2 is 2.30 bits per heavy atom. The molecule has 0 saturated heterocycles. The Morgan fingerprint density at radius 1 is 1.48 bits per heavy atom. The molecule has 23 heavy (non-hydrogen) atoms. The fraction of sp³-hybridized carbons (Fsp3) is 0.214. The van der Waals surface area contributed by atoms with Crippen molar-refractivity contribution in [3.63, 3.8) is 0 Å². The van der Waals surface area contributed by atoms with Gasteiger partial charge in [0.2, 0.25) is 5.82 Å². The second kappa shape index (κ2) is 6.53. The van der Waals surface area contributed by atoms with Crippen LogP contribution >= 0.6 is 22.9 Å². The molecule has 0 aliphatic rings. The van der Waals surface area contributed by atoms with Crippen molar-refractivity contribution in [1.29, 1.82) is 0 Å². The molecule has 3 rings (SSSR count). The van der Waals surface area contributed by atoms with Gasteiger partial charge < -0.3 is 20.1 Å². The van der Waals surface area contributed by atoms with Crippen molar-refractivity contribution < 1.29 is 10.0 Å². The molecule has 9 heteroatoms. The number of nitro groups is 1. The van der Waals surface area contributed by atoms with Crippen LogP contribution in [-0.4, -0.2) is 32.6 Å². The zero-order valence-corrected chi connectivity index (χ0v) is 13.5. The summed E-state index contributed by atoms with van der Waals surface area (Å²) in [5.74, 6) is 0.146. The molecule has 1 aromatic carbocycles. The molecule has 0 fully saturated rings. The molecule has 0 amide bonds. The maximum absolute atomic E-state index is 11.4. The van der Waals surface area contributed by atoms with E-state index in [0.29, 0.717) is 16.5 Å². The molecule has 3 aromatic rings. The summed E-state index contributed by atoms with van der Waals surface area (Å²) in [6, 6.07) is 7.24. The van der Waals surface area contributed by atoms with Gasteiger partial charge in [-0.15, -0.1) is 0 Å². The van der Waals surface area contributed by atoms with Gasteiger partial charge in [-0.1, -0.05) is 35.1 Å². The fourth-order valence-electron chi connectivity index (χ4n) is 2.38. The number of benzene rings is 1. The minimum atomic E-state index is -0.454. The van der Waals surface area contributed by atoms with Gasteiger partial charge in [-0.3, -0.25) is 0 Å². The molecule has 2 aromatic heterocycles. The average Bonchev–Trinajstić information content (AvgIpc) is 3.06. The Labute approximate surface area is 140 Å². The van der Waals surface area contributed by atoms with Crippen LogP contribution in [0.4, 0.5) is 11.6 Å². The van der Waals surface area contributed by atoms with Gasteiger partial charge in [0, 0.05) is 23.5 Å². The van der Waals surface area contributed by atoms with E-state index >= 15 is 0 Å². The number of thiazole rings is 1. The second-order valence-corrected chi connectivity index (χ2v) is 6.16. The SMILES string of the molecule is O=[N+]([O-])c1c(N(CCO)Cc2cccc(Cl)c2)nc2sccn12. The number of fused-ring (bicyclic) bond motifs is 1. The van der Waals surface area contributed by atoms with Crippen molar-refractivity contribution in [1.82, 2.24) is 9.38 Å². The van der Waals surface area contributed by atoms with Gasteiger partial charge in [-0.25, -0.2) is 0 Å². The first-order valence-electron chi connectivity index (χ1n) is 6.80. The van der Waals surface area contributed by atoms with Gasteiger partial charge in [0.05, 0.1) is 6.61 Å². The summed E-state index contributed by atoms with van der Waals surface area (Å²) >= 11 is 7.31. The van der Waals surface area contributed by atoms with Gasteiger partial charge in [-0.2, -0.15) is 9.38 Å². The Morgan fingerprint density at radius 3 is 3.00 bits per heavy atom. The van der Waals surface area contributed by atoms with Gasteiger partial charge in [0.25, 0.3) is 4.96 Å². The first-order valence-corrected chi connectivity index (χ1v) is 8.06. The summed E-state index contributed by atoms with van der Waals surface area (Å²) in [5.41, 5.74) is 0.886. The van der Waals surface area contributed by atoms with E-state index in [1.165, 1.54) is 15.7 Å². The lowest BCUT2D eigenvalue weighted by Gasteiger charge is -2.21. The highest BCUT2D eigenvalue weighted by Gasteiger charge is 2.27. The predicted molar refractivity (Wildman–Crippen MR) is 89.3 cm³/mol. The number of aliphatic hydroxyl groups excluding tert-OH is 1. The highest BCUT2D eigenvalue weighted by Crippen LogP contribution is 2.32. The Balaban J connectivity index is 2.02. The standard InChI is InChI=1S/C14H13ClN4O3S/c15-11-3-1-2-10(8-11)9-17(4-6-20)12-13(19(21)22)18-5-7-23-14(18)16-12/h1-3,5,7-8,20H,4,6,9H2. The molecule has 0 bridgehead atoms. The number of rotatable bonds is 6. The summed E-state index contributed by atoms with van der Waals surface area (Å²) in [6.07, 6.45) is 1.62. The minimum Gasteiger partial charge on any atom is -0.395 e. The normalized spacial score (nSPS) is 11.0. The third-order valence-electron chi connectivity index (χ3n) is 3.32. The molecule has 1 N–H and O–H groups in total. The Bertz CT molecular complexity index is 848. The van der Waals surface area contributed by atoms with Crippen LogP contribution in [0.15, 0.2) is 35.8 Å². The van der Waals surface area contributed by atoms with Crippen molar-refractivity contribution in [3.8, 4) is 0 Å². The van der Waals surface area contributed by atoms with Crippen molar-refractivity contribution >= 4 is 39.5 Å². The van der Waals surface area contributed by atoms with Gasteiger partial charge in [0.1, 0.15) is 6.20 Å². The lowest BCUT2D eigenvalue weighted by molar-refractivity contribution is -0.389. The maximum atomic E-state index is 11.4. The van der Waals surface area contributed by atoms with Crippen LogP contribution in [0.1, 0.15) is 5.56 Å². The van der Waals surface area contributed by atoms with Crippen LogP contribution in [0.3, 0.4) is 0 Å². The summed E-state index contributed by atoms with van der Waals surface area (Å²) in [5, 5.41) is 23.1. The Hall–Kier alpha value is -2.16. The van der Waals surface area contributed by atoms with Crippen LogP contribution in [0.5, 0.6) is 0 Å². The Kier molecular flexibility index (Phi) is 4.46. The molecule has 0 atom stereocenters. The zero-order valence-electron chi connectivity index (χ0n) is 11.9. The largest absolute Gasteiger partial charge is 0.395 e. The van der Waals surface area contributed by atoms with Crippen molar-refractivity contribution in [2.75, 3.05) is 18.1 Å². The third kappa shape index (κ3) is 3.14. The van der Waals surface area contributed by atoms with E-state index in [4.69, 9.17) is 11.6 Å². The maximum Gasteiger partial charge on any atom is 0.373 e. The quantitative estimate of drug-likeness (QED) is 0.544. The lowest BCUT2D eigenvalue weighted by Crippen LogP contribution is -2.27. The van der Waals surface area contributed by atoms with Crippen molar-refractivity contribution in [2.45, 2.75) is 6.54 Å². The number of anilines is 1. The van der Waals surface area contributed by atoms with Crippen molar-refractivity contribution in [3.05, 3.63) is 56.5 Å². The topological polar surface area (TPSA) is 83.9 Å². The van der Waals surface area contributed by atoms with E-state index in [-0.39, 0.29) is 24.8 Å². The fourth-order valence-corrected chi connectivity index (χ4v) is 3.30. The molecule has 0 aliphatic heterocycles. The number of aromatic nitrogens is 2. The summed E-state index contributed by atoms with van der Waals surface area (Å²) < 4.78 is 1.45. The van der Waals surface area contributed by atoms with E-state index in [1.807, 2.05) is 12.1 Å². The van der Waals surface area contributed by atoms with Crippen LogP contribution in [0.2, 0.25) is 5.02 Å². The first-order chi connectivity index (χ1) is 11.1. The second-order valence-electron chi connectivity index (χ2n) is 4.85. The first kappa shape index (κ1) is 15.7. The number of hydrogen-bond donors (Lipinski definition) is 1. The molecule has 0 radical (unpaired) electrons. The smallest absolute Gasteiger partial charge is 0.373 e. The molecule has 2 heterocycles. The van der Waals surface area contributed by atoms with Gasteiger partial charge in [-0.05, 0) is 22.6 Å². The number of aliphatic hydroxyl groups is 1. The summed E-state index contributed by atoms with van der Waals surface area (Å²) in [6.45, 7) is 0.466. The number of halogens is 1. The van der Waals surface area contributed by atoms with Crippen LogP contribution in [0.25, 0.3) is 4.96 Å². The highest BCUT2D eigenvalue weighted by molar-refractivity contribution is 7.15. The number of nitrogens with zero attached hydrogens (tertiary/aromatic N) is 4. The molecular formula is C14H13ClN4O3S. The van der Waals surface area contributed by atoms with E-state index < -0.39 is 4.92 Å². The minimum absolute atomic E-state index is 0.100. The zero-order chi connectivity index (χ0) is 16.4. The van der Waals surface area contributed by atoms with Crippen molar-refractivity contribution in [2.24, 2.45) is 0 Å². The molecular weight excluding hydrogens is 340 g/mol. The average molecular weight is 353 g/mol. The molecule has 0 saturated carbocycles. The number of imidazole rings is 1. The summed E-state index contributed by atoms with van der Waals surface area (Å²) in [4.78, 5) is 17.6.